The van der Waals surface area contributed by atoms with Crippen molar-refractivity contribution in [1.82, 2.24) is 0 Å². The Morgan fingerprint density at radius 3 is 2.61 bits per heavy atom. The van der Waals surface area contributed by atoms with E-state index >= 15 is 0 Å². The second kappa shape index (κ2) is 9.58. The van der Waals surface area contributed by atoms with Crippen LogP contribution in [0.5, 0.6) is 0 Å². The summed E-state index contributed by atoms with van der Waals surface area (Å²) in [5.41, 5.74) is 2.60. The van der Waals surface area contributed by atoms with Crippen molar-refractivity contribution in [3.63, 3.8) is 0 Å². The van der Waals surface area contributed by atoms with Gasteiger partial charge in [0.1, 0.15) is 5.82 Å². The topological polar surface area (TPSA) is 60.8 Å². The summed E-state index contributed by atoms with van der Waals surface area (Å²) in [6.07, 6.45) is 10.1. The molecule has 0 bridgehead atoms. The fourth-order valence-corrected chi connectivity index (χ4v) is 10.7. The highest BCUT2D eigenvalue weighted by Gasteiger charge is 2.62. The fraction of sp³-hybridized carbons (Fsp3) is 0.788. The fourth-order valence-electron chi connectivity index (χ4n) is 10.7. The first-order chi connectivity index (χ1) is 18.0. The Hall–Kier alpha value is -1.46. The van der Waals surface area contributed by atoms with Gasteiger partial charge in [0.25, 0.3) is 0 Å². The summed E-state index contributed by atoms with van der Waals surface area (Å²) in [7, 11) is 0. The number of amides is 1. The maximum absolute atomic E-state index is 14.6. The second-order valence-corrected chi connectivity index (χ2v) is 14.5. The molecule has 1 aromatic rings. The first kappa shape index (κ1) is 26.7. The van der Waals surface area contributed by atoms with Gasteiger partial charge in [-0.25, -0.2) is 4.39 Å². The summed E-state index contributed by atoms with van der Waals surface area (Å²) >= 11 is 0. The van der Waals surface area contributed by atoms with Gasteiger partial charge in [-0.1, -0.05) is 26.8 Å². The molecule has 4 nitrogen and oxygen atoms in total. The standard InChI is InChI=1S/C33H48FNO3/c1-19(6-10-29(38)35-16-13-23-27(35)9-5-20(2)31(23)34)24-7-8-25-30-26(12-15-33(24,25)4)32(3)14-11-22(36)17-21(32)18-28(30)37/h5,9,19,21-22,24-26,28,30,36-37H,6-8,10-18H2,1-4H3/t19-,21+,22-,24-,25+,26+,28-,30+,32+,33-/m1/s1. The van der Waals surface area contributed by atoms with E-state index in [0.29, 0.717) is 66.0 Å². The maximum atomic E-state index is 14.6. The highest BCUT2D eigenvalue weighted by molar-refractivity contribution is 5.95. The van der Waals surface area contributed by atoms with E-state index in [1.807, 2.05) is 11.0 Å². The molecule has 4 saturated carbocycles. The van der Waals surface area contributed by atoms with Crippen molar-refractivity contribution < 1.29 is 19.4 Å². The number of aryl methyl sites for hydroxylation is 1. The highest BCUT2D eigenvalue weighted by Crippen LogP contribution is 2.68. The quantitative estimate of drug-likeness (QED) is 0.476. The van der Waals surface area contributed by atoms with Crippen LogP contribution in [0.15, 0.2) is 12.1 Å². The molecule has 0 saturated heterocycles. The molecule has 0 spiro atoms. The number of carbonyl (C=O) groups is 1. The lowest BCUT2D eigenvalue weighted by molar-refractivity contribution is -0.174. The number of carbonyl (C=O) groups excluding carboxylic acids is 1. The monoisotopic (exact) mass is 525 g/mol. The number of benzene rings is 1. The molecule has 38 heavy (non-hydrogen) atoms. The molecule has 210 valence electrons. The Morgan fingerprint density at radius 2 is 1.82 bits per heavy atom. The van der Waals surface area contributed by atoms with Crippen LogP contribution in [-0.2, 0) is 11.2 Å². The smallest absolute Gasteiger partial charge is 0.227 e. The zero-order chi connectivity index (χ0) is 27.0. The van der Waals surface area contributed by atoms with Crippen LogP contribution in [-0.4, -0.2) is 34.9 Å². The number of rotatable bonds is 4. The van der Waals surface area contributed by atoms with Gasteiger partial charge in [0.05, 0.1) is 12.2 Å². The van der Waals surface area contributed by atoms with Gasteiger partial charge in [-0.2, -0.15) is 0 Å². The minimum Gasteiger partial charge on any atom is -0.393 e. The van der Waals surface area contributed by atoms with E-state index in [-0.39, 0.29) is 34.8 Å². The lowest BCUT2D eigenvalue weighted by Gasteiger charge is -2.62. The van der Waals surface area contributed by atoms with E-state index in [1.165, 1.54) is 25.7 Å². The molecular formula is C33H48FNO3. The van der Waals surface area contributed by atoms with E-state index < -0.39 is 0 Å². The number of nitrogens with zero attached hydrogens (tertiary/aromatic N) is 1. The normalized spacial score (nSPS) is 42.7. The summed E-state index contributed by atoms with van der Waals surface area (Å²) in [6, 6.07) is 3.70. The summed E-state index contributed by atoms with van der Waals surface area (Å²) < 4.78 is 14.6. The molecule has 2 N–H and O–H groups in total. The Morgan fingerprint density at radius 1 is 1.08 bits per heavy atom. The third-order valence-corrected chi connectivity index (χ3v) is 12.8. The van der Waals surface area contributed by atoms with Gasteiger partial charge in [-0.3, -0.25) is 4.79 Å². The van der Waals surface area contributed by atoms with Crippen LogP contribution < -0.4 is 4.90 Å². The van der Waals surface area contributed by atoms with Crippen LogP contribution in [0.3, 0.4) is 0 Å². The molecule has 5 heteroatoms. The molecule has 1 aliphatic heterocycles. The third kappa shape index (κ3) is 4.00. The van der Waals surface area contributed by atoms with Gasteiger partial charge in [-0.15, -0.1) is 0 Å². The molecule has 5 aliphatic rings. The maximum Gasteiger partial charge on any atom is 0.227 e. The molecule has 1 heterocycles. The second-order valence-electron chi connectivity index (χ2n) is 14.5. The first-order valence-corrected chi connectivity index (χ1v) is 15.5. The van der Waals surface area contributed by atoms with E-state index in [9.17, 15) is 19.4 Å². The predicted molar refractivity (Wildman–Crippen MR) is 148 cm³/mol. The first-order valence-electron chi connectivity index (χ1n) is 15.5. The van der Waals surface area contributed by atoms with Crippen molar-refractivity contribution in [3.05, 3.63) is 29.1 Å². The van der Waals surface area contributed by atoms with Crippen molar-refractivity contribution in [1.29, 1.82) is 0 Å². The molecule has 0 unspecified atom stereocenters. The van der Waals surface area contributed by atoms with Crippen LogP contribution in [0.25, 0.3) is 0 Å². The van der Waals surface area contributed by atoms with Gasteiger partial charge in [0, 0.05) is 24.2 Å². The average molecular weight is 526 g/mol. The highest BCUT2D eigenvalue weighted by atomic mass is 19.1. The van der Waals surface area contributed by atoms with Crippen molar-refractivity contribution in [2.24, 2.45) is 46.3 Å². The zero-order valence-electron chi connectivity index (χ0n) is 23.9. The van der Waals surface area contributed by atoms with Gasteiger partial charge in [-0.05, 0) is 129 Å². The van der Waals surface area contributed by atoms with Crippen LogP contribution in [0.4, 0.5) is 10.1 Å². The summed E-state index contributed by atoms with van der Waals surface area (Å²) in [5, 5.41) is 21.8. The Labute approximate surface area is 228 Å². The van der Waals surface area contributed by atoms with Crippen LogP contribution in [0.1, 0.15) is 96.1 Å². The minimum atomic E-state index is -0.247. The lowest BCUT2D eigenvalue weighted by atomic mass is 9.43. The van der Waals surface area contributed by atoms with Crippen molar-refractivity contribution in [3.8, 4) is 0 Å². The molecule has 10 atom stereocenters. The van der Waals surface area contributed by atoms with E-state index in [4.69, 9.17) is 0 Å². The summed E-state index contributed by atoms with van der Waals surface area (Å²) in [5.74, 6) is 2.96. The number of aliphatic hydroxyl groups excluding tert-OH is 2. The lowest BCUT2D eigenvalue weighted by Crippen LogP contribution is -2.58. The minimum absolute atomic E-state index is 0.128. The molecule has 1 aromatic carbocycles. The van der Waals surface area contributed by atoms with Crippen molar-refractivity contribution in [2.45, 2.75) is 111 Å². The Bertz CT molecular complexity index is 1090. The van der Waals surface area contributed by atoms with E-state index in [2.05, 4.69) is 20.8 Å². The van der Waals surface area contributed by atoms with E-state index in [0.717, 1.165) is 37.8 Å². The largest absolute Gasteiger partial charge is 0.393 e. The number of halogens is 1. The predicted octanol–water partition coefficient (Wildman–Crippen LogP) is 6.43. The number of hydrogen-bond donors (Lipinski definition) is 2. The SMILES string of the molecule is Cc1ccc2c(c1F)CCN2C(=O)CC[C@@H](C)[C@H]1CC[C@H]2[C@@H]3[C@H](O)C[C@@H]4C[C@H](O)CC[C@]4(C)[C@H]3CC[C@]12C. The Kier molecular flexibility index (Phi) is 6.74. The number of aliphatic hydroxyl groups is 2. The number of fused-ring (bicyclic) bond motifs is 6. The molecule has 0 radical (unpaired) electrons. The van der Waals surface area contributed by atoms with Crippen LogP contribution in [0.2, 0.25) is 0 Å². The van der Waals surface area contributed by atoms with Crippen molar-refractivity contribution >= 4 is 11.6 Å². The molecule has 6 rings (SSSR count). The van der Waals surface area contributed by atoms with Crippen LogP contribution in [0, 0.1) is 59.1 Å². The summed E-state index contributed by atoms with van der Waals surface area (Å²) in [6.45, 7) is 9.69. The van der Waals surface area contributed by atoms with Gasteiger partial charge in [0.2, 0.25) is 5.91 Å². The van der Waals surface area contributed by atoms with Gasteiger partial charge < -0.3 is 15.1 Å². The third-order valence-electron chi connectivity index (χ3n) is 12.8. The van der Waals surface area contributed by atoms with Gasteiger partial charge >= 0.3 is 0 Å². The number of anilines is 1. The van der Waals surface area contributed by atoms with Gasteiger partial charge in [0.15, 0.2) is 0 Å². The molecular weight excluding hydrogens is 477 g/mol. The molecule has 1 amide bonds. The molecule has 0 aromatic heterocycles. The van der Waals surface area contributed by atoms with E-state index in [1.54, 1.807) is 13.0 Å². The zero-order valence-corrected chi connectivity index (χ0v) is 23.9. The molecule has 4 aliphatic carbocycles. The van der Waals surface area contributed by atoms with Crippen molar-refractivity contribution in [2.75, 3.05) is 11.4 Å². The molecule has 4 fully saturated rings. The average Bonchev–Trinajstić information content (AvgIpc) is 3.47. The number of hydrogen-bond acceptors (Lipinski definition) is 3. The Balaban J connectivity index is 1.13. The summed E-state index contributed by atoms with van der Waals surface area (Å²) in [4.78, 5) is 15.1. The van der Waals surface area contributed by atoms with Crippen LogP contribution >= 0.6 is 0 Å².